The number of aliphatic hydroxyl groups excluding tert-OH is 3. The Morgan fingerprint density at radius 1 is 0.949 bits per heavy atom. The van der Waals surface area contributed by atoms with Crippen LogP contribution in [0, 0.1) is 5.92 Å². The molecule has 0 bridgehead atoms. The first-order valence-corrected chi connectivity index (χ1v) is 19.3. The molecule has 2 aliphatic heterocycles. The maximum Gasteiger partial charge on any atom is 0.335 e. The minimum absolute atomic E-state index is 0.0733. The molecule has 7 atom stereocenters. The Hall–Kier alpha value is -5.22. The normalized spacial score (nSPS) is 22.2. The van der Waals surface area contributed by atoms with Gasteiger partial charge in [0.25, 0.3) is 6.45 Å². The maximum absolute atomic E-state index is 13.3. The minimum atomic E-state index is -1.98. The fourth-order valence-electron chi connectivity index (χ4n) is 6.23. The van der Waals surface area contributed by atoms with E-state index in [0.29, 0.717) is 38.6 Å². The van der Waals surface area contributed by atoms with E-state index < -0.39 is 66.9 Å². The van der Waals surface area contributed by atoms with Crippen molar-refractivity contribution in [2.24, 2.45) is 5.92 Å². The van der Waals surface area contributed by atoms with Gasteiger partial charge in [0.05, 0.1) is 12.3 Å². The molecule has 1 aromatic rings. The molecule has 21 nitrogen and oxygen atoms in total. The van der Waals surface area contributed by atoms with Gasteiger partial charge in [0.1, 0.15) is 36.7 Å². The number of carboxylic acids is 1. The summed E-state index contributed by atoms with van der Waals surface area (Å²) in [6, 6.07) is 2.92. The fraction of sp³-hybridized carbons (Fsp3) is 0.632. The number of amides is 6. The molecule has 0 saturated carbocycles. The molecule has 2 saturated heterocycles. The highest BCUT2D eigenvalue weighted by Gasteiger charge is 2.48. The second-order valence-corrected chi connectivity index (χ2v) is 14.2. The van der Waals surface area contributed by atoms with E-state index in [1.54, 1.807) is 6.92 Å². The van der Waals surface area contributed by atoms with Crippen LogP contribution in [0.3, 0.4) is 0 Å². The van der Waals surface area contributed by atoms with E-state index in [1.807, 2.05) is 0 Å². The Morgan fingerprint density at radius 2 is 1.71 bits per heavy atom. The molecule has 0 aromatic heterocycles. The summed E-state index contributed by atoms with van der Waals surface area (Å²) in [6.45, 7) is 1.98. The fourth-order valence-corrected chi connectivity index (χ4v) is 6.23. The molecule has 8 N–H and O–H groups in total. The van der Waals surface area contributed by atoms with Crippen LogP contribution >= 0.6 is 0 Å². The first-order chi connectivity index (χ1) is 28.5. The summed E-state index contributed by atoms with van der Waals surface area (Å²) < 4.78 is 27.4. The van der Waals surface area contributed by atoms with E-state index in [1.165, 1.54) is 30.2 Å². The number of hydrogen-bond acceptors (Lipinski definition) is 15. The highest BCUT2D eigenvalue weighted by Crippen LogP contribution is 2.31. The lowest BCUT2D eigenvalue weighted by Gasteiger charge is -2.38. The predicted molar refractivity (Wildman–Crippen MR) is 203 cm³/mol. The number of unbranched alkanes of at least 4 members (excludes halogenated alkanes) is 3. The number of anilines is 1. The van der Waals surface area contributed by atoms with Gasteiger partial charge in [0.15, 0.2) is 7.47 Å². The Labute approximate surface area is 341 Å². The average Bonchev–Trinajstić information content (AvgIpc) is 3.44. The molecular formula is C38H55N5O16. The lowest BCUT2D eigenvalue weighted by atomic mass is 9.99. The number of ether oxygens (including phenoxy) is 4. The number of rotatable bonds is 25. The van der Waals surface area contributed by atoms with Gasteiger partial charge in [-0.1, -0.05) is 19.4 Å². The van der Waals surface area contributed by atoms with Crippen LogP contribution in [-0.2, 0) is 59.2 Å². The Bertz CT molecular complexity index is 1680. The largest absolute Gasteiger partial charge is 0.479 e. The summed E-state index contributed by atoms with van der Waals surface area (Å²) >= 11 is 0. The molecule has 328 valence electrons. The number of imide groups is 1. The quantitative estimate of drug-likeness (QED) is 0.0327. The van der Waals surface area contributed by atoms with E-state index >= 15 is 0 Å². The molecule has 2 unspecified atom stereocenters. The van der Waals surface area contributed by atoms with Crippen LogP contribution in [-0.4, -0.2) is 143 Å². The number of likely N-dealkylation sites (tertiary alicyclic amines) is 1. The van der Waals surface area contributed by atoms with Gasteiger partial charge in [0, 0.05) is 58.3 Å². The van der Waals surface area contributed by atoms with Crippen LogP contribution in [0.2, 0.25) is 0 Å². The lowest BCUT2D eigenvalue weighted by molar-refractivity contribution is -0.271. The second-order valence-electron chi connectivity index (χ2n) is 14.2. The predicted octanol–water partition coefficient (Wildman–Crippen LogP) is -1.16. The first-order valence-electron chi connectivity index (χ1n) is 19.8. The van der Waals surface area contributed by atoms with Gasteiger partial charge in [-0.25, -0.2) is 4.79 Å². The molecule has 21 heteroatoms. The highest BCUT2D eigenvalue weighted by molar-refractivity contribution is 6.03. The SMILES string of the molecule is [2H]C(=O)OCc1ccc(O[C@@H]2O[C@H](C(=O)O)[C@@H](O)[C@H](O)[C@H]2O)c(NC(=O)CCNC(=O)C(CCCCNC(=O)CCOC)NC(=O)CCCCCN2C(=O)CC(C)C2=O)c1. The summed E-state index contributed by atoms with van der Waals surface area (Å²) in [5, 5.41) is 50.7. The molecule has 2 fully saturated rings. The van der Waals surface area contributed by atoms with Crippen molar-refractivity contribution in [2.75, 3.05) is 38.7 Å². The van der Waals surface area contributed by atoms with Crippen LogP contribution in [0.5, 0.6) is 5.75 Å². The van der Waals surface area contributed by atoms with Crippen LogP contribution < -0.4 is 26.0 Å². The van der Waals surface area contributed by atoms with Gasteiger partial charge in [-0.15, -0.1) is 0 Å². The monoisotopic (exact) mass is 838 g/mol. The van der Waals surface area contributed by atoms with Gasteiger partial charge in [-0.05, 0) is 49.8 Å². The Morgan fingerprint density at radius 3 is 2.39 bits per heavy atom. The van der Waals surface area contributed by atoms with Gasteiger partial charge in [-0.2, -0.15) is 0 Å². The zero-order valence-electron chi connectivity index (χ0n) is 34.0. The standard InChI is InChI=1S/C38H55N5O16/c1-22-18-30(48)43(36(22)53)16-7-3-4-9-28(46)41-24(8-5-6-14-39-27(45)13-17-56-2)35(52)40-15-12-29(47)42-25-19-23(20-57-21-44)10-11-26(25)58-38-33(51)31(49)32(50)34(59-38)37(54)55/h10-11,19,21-22,24,31-34,38,49-51H,3-9,12-18,20H2,1-2H3,(H,39,45)(H,40,52)(H,41,46)(H,42,47)(H,54,55)/t22?,24?,31-,32-,33+,34-,38+/m0/s1/i21D. The maximum atomic E-state index is 13.3. The summed E-state index contributed by atoms with van der Waals surface area (Å²) in [7, 11) is 1.48. The zero-order valence-corrected chi connectivity index (χ0v) is 33.0. The van der Waals surface area contributed by atoms with Crippen molar-refractivity contribution in [3.63, 3.8) is 0 Å². The van der Waals surface area contributed by atoms with E-state index in [4.69, 9.17) is 15.6 Å². The van der Waals surface area contributed by atoms with Crippen molar-refractivity contribution in [1.82, 2.24) is 20.9 Å². The first kappa shape index (κ1) is 46.5. The Balaban J connectivity index is 1.60. The van der Waals surface area contributed by atoms with Gasteiger partial charge < -0.3 is 60.6 Å². The van der Waals surface area contributed by atoms with E-state index in [-0.39, 0.29) is 99.0 Å². The highest BCUT2D eigenvalue weighted by atomic mass is 16.7. The summed E-state index contributed by atoms with van der Waals surface area (Å²) in [5.41, 5.74) is 0.177. The number of nitrogens with zero attached hydrogens (tertiary/aromatic N) is 1. The van der Waals surface area contributed by atoms with Crippen LogP contribution in [0.1, 0.15) is 78.1 Å². The Kier molecular flexibility index (Phi) is 19.4. The van der Waals surface area contributed by atoms with Gasteiger partial charge in [0.2, 0.25) is 41.7 Å². The molecule has 2 heterocycles. The summed E-state index contributed by atoms with van der Waals surface area (Å²) in [4.78, 5) is 99.3. The molecule has 0 aliphatic carbocycles. The number of carbonyl (C=O) groups is 8. The van der Waals surface area contributed by atoms with Crippen molar-refractivity contribution in [3.8, 4) is 5.75 Å². The second kappa shape index (κ2) is 24.6. The van der Waals surface area contributed by atoms with Crippen LogP contribution in [0.25, 0.3) is 0 Å². The van der Waals surface area contributed by atoms with E-state index in [0.717, 1.165) is 0 Å². The summed E-state index contributed by atoms with van der Waals surface area (Å²) in [6.07, 6.45) is -8.22. The minimum Gasteiger partial charge on any atom is -0.479 e. The molecular weight excluding hydrogens is 782 g/mol. The number of methoxy groups -OCH3 is 1. The van der Waals surface area contributed by atoms with E-state index in [9.17, 15) is 58.8 Å². The van der Waals surface area contributed by atoms with Crippen molar-refractivity contribution in [2.45, 2.75) is 114 Å². The van der Waals surface area contributed by atoms with E-state index in [2.05, 4.69) is 26.0 Å². The number of hydrogen-bond donors (Lipinski definition) is 8. The molecule has 6 amide bonds. The smallest absolute Gasteiger partial charge is 0.335 e. The molecule has 59 heavy (non-hydrogen) atoms. The number of nitrogens with one attached hydrogen (secondary N) is 4. The molecule has 2 aliphatic rings. The topological polar surface area (TPSA) is 306 Å². The molecule has 0 spiro atoms. The third kappa shape index (κ3) is 15.5. The van der Waals surface area contributed by atoms with Crippen LogP contribution in [0.15, 0.2) is 18.2 Å². The molecule has 1 aromatic carbocycles. The number of aliphatic carboxylic acids is 1. The third-order valence-corrected chi connectivity index (χ3v) is 9.50. The van der Waals surface area contributed by atoms with Crippen molar-refractivity contribution in [1.29, 1.82) is 0 Å². The van der Waals surface area contributed by atoms with Gasteiger partial charge >= 0.3 is 5.97 Å². The third-order valence-electron chi connectivity index (χ3n) is 9.50. The zero-order chi connectivity index (χ0) is 44.4. The van der Waals surface area contributed by atoms with Crippen molar-refractivity contribution >= 4 is 53.5 Å². The number of aliphatic hydroxyl groups is 3. The molecule has 0 radical (unpaired) electrons. The number of carboxylic acid groups (broad SMARTS) is 1. The lowest BCUT2D eigenvalue weighted by Crippen LogP contribution is -2.61. The van der Waals surface area contributed by atoms with Gasteiger partial charge in [-0.3, -0.25) is 38.5 Å². The van der Waals surface area contributed by atoms with Crippen molar-refractivity contribution < 1.29 is 79.1 Å². The number of benzene rings is 1. The summed E-state index contributed by atoms with van der Waals surface area (Å²) in [5.74, 6) is -4.47. The van der Waals surface area contributed by atoms with Crippen molar-refractivity contribution in [3.05, 3.63) is 23.8 Å². The van der Waals surface area contributed by atoms with Crippen LogP contribution in [0.4, 0.5) is 5.69 Å². The molecule has 3 rings (SSSR count). The average molecular weight is 839 g/mol. The number of carbonyl (C=O) groups excluding carboxylic acids is 7.